The van der Waals surface area contributed by atoms with Gasteiger partial charge in [0, 0.05) is 25.8 Å². The molecule has 0 saturated heterocycles. The zero-order valence-corrected chi connectivity index (χ0v) is 12.6. The van der Waals surface area contributed by atoms with E-state index >= 15 is 0 Å². The number of hydrogen-bond acceptors (Lipinski definition) is 4. The Morgan fingerprint density at radius 3 is 2.42 bits per heavy atom. The zero-order valence-electron chi connectivity index (χ0n) is 12.6. The van der Waals surface area contributed by atoms with Gasteiger partial charge in [-0.25, -0.2) is 0 Å². The van der Waals surface area contributed by atoms with Gasteiger partial charge in [0.1, 0.15) is 11.5 Å². The van der Waals surface area contributed by atoms with Crippen LogP contribution in [0.15, 0.2) is 12.1 Å². The third-order valence-corrected chi connectivity index (χ3v) is 3.54. The van der Waals surface area contributed by atoms with Gasteiger partial charge in [-0.15, -0.1) is 0 Å². The normalized spacial score (nSPS) is 12.1. The molecule has 0 amide bonds. The maximum Gasteiger partial charge on any atom is 0.148 e. The number of aliphatic hydroxyl groups is 1. The van der Waals surface area contributed by atoms with E-state index < -0.39 is 0 Å². The van der Waals surface area contributed by atoms with Crippen molar-refractivity contribution in [2.24, 2.45) is 5.92 Å². The minimum atomic E-state index is 0.207. The van der Waals surface area contributed by atoms with Crippen molar-refractivity contribution in [2.45, 2.75) is 20.3 Å². The molecule has 1 atom stereocenters. The van der Waals surface area contributed by atoms with Crippen LogP contribution < -0.4 is 14.4 Å². The van der Waals surface area contributed by atoms with Gasteiger partial charge < -0.3 is 19.5 Å². The molecular formula is C15H25NO3. The quantitative estimate of drug-likeness (QED) is 0.824. The molecule has 4 heteroatoms. The van der Waals surface area contributed by atoms with Gasteiger partial charge in [0.15, 0.2) is 0 Å². The number of anilines is 1. The van der Waals surface area contributed by atoms with Gasteiger partial charge in [0.05, 0.1) is 19.9 Å². The zero-order chi connectivity index (χ0) is 14.4. The van der Waals surface area contributed by atoms with Crippen molar-refractivity contribution in [1.82, 2.24) is 0 Å². The summed E-state index contributed by atoms with van der Waals surface area (Å²) in [6.45, 7) is 5.08. The monoisotopic (exact) mass is 267 g/mol. The van der Waals surface area contributed by atoms with E-state index in [0.29, 0.717) is 0 Å². The highest BCUT2D eigenvalue weighted by atomic mass is 16.5. The summed E-state index contributed by atoms with van der Waals surface area (Å²) < 4.78 is 10.8. The molecule has 0 aliphatic rings. The van der Waals surface area contributed by atoms with Gasteiger partial charge in [-0.05, 0) is 31.4 Å². The number of hydrogen-bond donors (Lipinski definition) is 1. The number of rotatable bonds is 7. The summed E-state index contributed by atoms with van der Waals surface area (Å²) in [4.78, 5) is 2.12. The van der Waals surface area contributed by atoms with E-state index in [1.807, 2.05) is 26.1 Å². The van der Waals surface area contributed by atoms with Crippen LogP contribution in [-0.2, 0) is 0 Å². The summed E-state index contributed by atoms with van der Waals surface area (Å²) in [5, 5.41) is 9.31. The fourth-order valence-electron chi connectivity index (χ4n) is 2.24. The van der Waals surface area contributed by atoms with Gasteiger partial charge >= 0.3 is 0 Å². The van der Waals surface area contributed by atoms with Gasteiger partial charge in [-0.2, -0.15) is 0 Å². The van der Waals surface area contributed by atoms with Crippen LogP contribution in [0.5, 0.6) is 11.5 Å². The van der Waals surface area contributed by atoms with Crippen molar-refractivity contribution >= 4 is 5.69 Å². The molecule has 0 heterocycles. The molecule has 0 spiro atoms. The smallest absolute Gasteiger partial charge is 0.148 e. The van der Waals surface area contributed by atoms with Crippen molar-refractivity contribution in [3.63, 3.8) is 0 Å². The summed E-state index contributed by atoms with van der Waals surface area (Å²) in [6, 6.07) is 3.94. The van der Waals surface area contributed by atoms with E-state index in [0.717, 1.165) is 35.7 Å². The van der Waals surface area contributed by atoms with E-state index in [2.05, 4.69) is 11.8 Å². The number of nitrogens with zero attached hydrogens (tertiary/aromatic N) is 1. The maximum atomic E-state index is 9.31. The Labute approximate surface area is 115 Å². The summed E-state index contributed by atoms with van der Waals surface area (Å²) in [6.07, 6.45) is 0.957. The second kappa shape index (κ2) is 7.24. The van der Waals surface area contributed by atoms with Crippen LogP contribution in [0.1, 0.15) is 18.9 Å². The van der Waals surface area contributed by atoms with Gasteiger partial charge in [0.25, 0.3) is 0 Å². The first kappa shape index (κ1) is 15.6. The number of aliphatic hydroxyl groups excluding tert-OH is 1. The lowest BCUT2D eigenvalue weighted by Crippen LogP contribution is -2.27. The van der Waals surface area contributed by atoms with Crippen LogP contribution >= 0.6 is 0 Å². The van der Waals surface area contributed by atoms with Gasteiger partial charge in [-0.1, -0.05) is 6.92 Å². The van der Waals surface area contributed by atoms with Crippen molar-refractivity contribution in [2.75, 3.05) is 39.3 Å². The summed E-state index contributed by atoms with van der Waals surface area (Å²) in [5.41, 5.74) is 2.01. The van der Waals surface area contributed by atoms with E-state index in [9.17, 15) is 5.11 Å². The van der Waals surface area contributed by atoms with E-state index in [1.54, 1.807) is 14.2 Å². The summed E-state index contributed by atoms with van der Waals surface area (Å²) in [7, 11) is 5.34. The van der Waals surface area contributed by atoms with Crippen LogP contribution in [-0.4, -0.2) is 39.5 Å². The lowest BCUT2D eigenvalue weighted by molar-refractivity contribution is 0.225. The Kier molecular flexibility index (Phi) is 5.96. The van der Waals surface area contributed by atoms with Crippen molar-refractivity contribution < 1.29 is 14.6 Å². The van der Waals surface area contributed by atoms with Crippen molar-refractivity contribution in [3.8, 4) is 11.5 Å². The van der Waals surface area contributed by atoms with E-state index in [4.69, 9.17) is 9.47 Å². The molecule has 1 aromatic rings. The molecule has 0 aliphatic carbocycles. The lowest BCUT2D eigenvalue weighted by atomic mass is 10.1. The average Bonchev–Trinajstić information content (AvgIpc) is 2.43. The largest absolute Gasteiger partial charge is 0.496 e. The molecule has 1 N–H and O–H groups in total. The van der Waals surface area contributed by atoms with Crippen LogP contribution in [0, 0.1) is 12.8 Å². The minimum Gasteiger partial charge on any atom is -0.496 e. The Hall–Kier alpha value is -1.42. The number of ether oxygens (including phenoxy) is 2. The Morgan fingerprint density at radius 1 is 1.26 bits per heavy atom. The maximum absolute atomic E-state index is 9.31. The predicted octanol–water partition coefficient (Wildman–Crippen LogP) is 2.47. The molecule has 0 aliphatic heterocycles. The lowest BCUT2D eigenvalue weighted by Gasteiger charge is -2.26. The first-order valence-corrected chi connectivity index (χ1v) is 6.62. The first-order chi connectivity index (χ1) is 9.08. The molecule has 1 unspecified atom stereocenters. The Morgan fingerprint density at radius 2 is 1.95 bits per heavy atom. The van der Waals surface area contributed by atoms with E-state index in [-0.39, 0.29) is 12.5 Å². The van der Waals surface area contributed by atoms with Gasteiger partial charge in [-0.3, -0.25) is 0 Å². The highest BCUT2D eigenvalue weighted by molar-refractivity contribution is 5.65. The van der Waals surface area contributed by atoms with Crippen LogP contribution in [0.3, 0.4) is 0 Å². The van der Waals surface area contributed by atoms with Gasteiger partial charge in [0.2, 0.25) is 0 Å². The molecule has 4 nitrogen and oxygen atoms in total. The first-order valence-electron chi connectivity index (χ1n) is 6.62. The molecule has 19 heavy (non-hydrogen) atoms. The molecule has 0 radical (unpaired) electrons. The van der Waals surface area contributed by atoms with Crippen LogP contribution in [0.25, 0.3) is 0 Å². The summed E-state index contributed by atoms with van der Waals surface area (Å²) in [5.74, 6) is 1.93. The molecular weight excluding hydrogens is 242 g/mol. The fraction of sp³-hybridized carbons (Fsp3) is 0.600. The molecule has 1 aromatic carbocycles. The minimum absolute atomic E-state index is 0.207. The molecule has 0 saturated carbocycles. The molecule has 108 valence electrons. The van der Waals surface area contributed by atoms with Crippen LogP contribution in [0.4, 0.5) is 5.69 Å². The predicted molar refractivity (Wildman–Crippen MR) is 78.4 cm³/mol. The second-order valence-electron chi connectivity index (χ2n) is 4.78. The molecule has 0 fully saturated rings. The Bertz CT molecular complexity index is 403. The number of methoxy groups -OCH3 is 2. The van der Waals surface area contributed by atoms with Crippen LogP contribution in [0.2, 0.25) is 0 Å². The summed E-state index contributed by atoms with van der Waals surface area (Å²) >= 11 is 0. The SMILES string of the molecule is CCC(CO)CN(C)c1ccc(OC)c(C)c1OC. The fourth-order valence-corrected chi connectivity index (χ4v) is 2.24. The third-order valence-electron chi connectivity index (χ3n) is 3.54. The third kappa shape index (κ3) is 3.53. The highest BCUT2D eigenvalue weighted by Gasteiger charge is 2.16. The number of benzene rings is 1. The molecule has 0 bridgehead atoms. The topological polar surface area (TPSA) is 41.9 Å². The van der Waals surface area contributed by atoms with Crippen molar-refractivity contribution in [3.05, 3.63) is 17.7 Å². The standard InChI is InChI=1S/C15H25NO3/c1-6-12(10-17)9-16(3)13-7-8-14(18-4)11(2)15(13)19-5/h7-8,12,17H,6,9-10H2,1-5H3. The van der Waals surface area contributed by atoms with Crippen molar-refractivity contribution in [1.29, 1.82) is 0 Å². The highest BCUT2D eigenvalue weighted by Crippen LogP contribution is 2.37. The average molecular weight is 267 g/mol. The second-order valence-corrected chi connectivity index (χ2v) is 4.78. The Balaban J connectivity index is 3.02. The van der Waals surface area contributed by atoms with E-state index in [1.165, 1.54) is 0 Å². The molecule has 0 aromatic heterocycles. The molecule has 1 rings (SSSR count).